The Hall–Kier alpha value is -4.09. The number of nitrogens with two attached hydrogens (primary N) is 2. The van der Waals surface area contributed by atoms with Gasteiger partial charge in [0.05, 0.1) is 36.5 Å². The van der Waals surface area contributed by atoms with Gasteiger partial charge in [0.1, 0.15) is 11.6 Å². The smallest absolute Gasteiger partial charge is 0.252 e. The first-order chi connectivity index (χ1) is 17.3. The van der Waals surface area contributed by atoms with Crippen LogP contribution in [0.1, 0.15) is 28.9 Å². The highest BCUT2D eigenvalue weighted by molar-refractivity contribution is 5.99. The van der Waals surface area contributed by atoms with E-state index >= 15 is 0 Å². The lowest BCUT2D eigenvalue weighted by Crippen LogP contribution is -2.31. The van der Waals surface area contributed by atoms with Crippen LogP contribution in [0.5, 0.6) is 0 Å². The van der Waals surface area contributed by atoms with Crippen LogP contribution in [-0.2, 0) is 11.3 Å². The number of rotatable bonds is 10. The van der Waals surface area contributed by atoms with E-state index in [2.05, 4.69) is 20.7 Å². The van der Waals surface area contributed by atoms with Gasteiger partial charge in [-0.3, -0.25) is 9.48 Å². The summed E-state index contributed by atoms with van der Waals surface area (Å²) in [5, 5.41) is 11.2. The second-order valence-electron chi connectivity index (χ2n) is 8.37. The van der Waals surface area contributed by atoms with E-state index in [9.17, 15) is 13.6 Å². The third kappa shape index (κ3) is 5.42. The molecule has 0 bridgehead atoms. The van der Waals surface area contributed by atoms with Crippen LogP contribution in [-0.4, -0.2) is 40.4 Å². The van der Waals surface area contributed by atoms with Gasteiger partial charge in [-0.15, -0.1) is 0 Å². The van der Waals surface area contributed by atoms with Crippen molar-refractivity contribution in [2.24, 2.45) is 11.5 Å². The monoisotopic (exact) mass is 495 g/mol. The minimum atomic E-state index is -0.849. The van der Waals surface area contributed by atoms with Gasteiger partial charge in [-0.2, -0.15) is 5.10 Å². The summed E-state index contributed by atoms with van der Waals surface area (Å²) < 4.78 is 35.7. The summed E-state index contributed by atoms with van der Waals surface area (Å²) in [5.74, 6) is -2.20. The minimum Gasteiger partial charge on any atom is -0.383 e. The number of hydrogen-bond acceptors (Lipinski definition) is 7. The number of pyridine rings is 1. The predicted octanol–water partition coefficient (Wildman–Crippen LogP) is 3.70. The Morgan fingerprint density at radius 1 is 1.17 bits per heavy atom. The lowest BCUT2D eigenvalue weighted by molar-refractivity contribution is 0.100. The van der Waals surface area contributed by atoms with Gasteiger partial charge in [0.25, 0.3) is 5.91 Å². The Labute approximate surface area is 206 Å². The summed E-state index contributed by atoms with van der Waals surface area (Å²) in [7, 11) is 1.62. The quantitative estimate of drug-likeness (QED) is 0.264. The summed E-state index contributed by atoms with van der Waals surface area (Å²) in [5.41, 5.74) is 13.5. The van der Waals surface area contributed by atoms with E-state index in [1.54, 1.807) is 38.4 Å². The van der Waals surface area contributed by atoms with Crippen LogP contribution in [0.25, 0.3) is 10.9 Å². The van der Waals surface area contributed by atoms with E-state index in [0.29, 0.717) is 24.4 Å². The third-order valence-electron chi connectivity index (χ3n) is 5.68. The van der Waals surface area contributed by atoms with Crippen molar-refractivity contribution < 1.29 is 18.3 Å². The molecule has 0 aliphatic heterocycles. The highest BCUT2D eigenvalue weighted by Crippen LogP contribution is 2.29. The number of methoxy groups -OCH3 is 1. The van der Waals surface area contributed by atoms with Gasteiger partial charge in [0.15, 0.2) is 11.6 Å². The topological polar surface area (TPSA) is 133 Å². The molecule has 4 rings (SSSR count). The number of hydrogen-bond donors (Lipinski definition) is 4. The van der Waals surface area contributed by atoms with Crippen LogP contribution in [0.2, 0.25) is 0 Å². The Morgan fingerprint density at radius 2 is 1.97 bits per heavy atom. The standard InChI is InChI=1S/C25H27F2N7O2/c1-14(28)22(15-4-3-5-17(26)10-15)32-25-20(27)12-19(23(29)35)24(33-25)31-18-6-7-21-16(11-18)13-30-34(21)8-9-36-2/h3-7,10-14,22H,8-9,28H2,1-2H3,(H2,29,35)(H2,31,32,33)/t14-,22-/m0/s1. The van der Waals surface area contributed by atoms with Gasteiger partial charge in [0, 0.05) is 24.2 Å². The first-order valence-electron chi connectivity index (χ1n) is 11.3. The maximum atomic E-state index is 15.0. The maximum Gasteiger partial charge on any atom is 0.252 e. The zero-order valence-electron chi connectivity index (χ0n) is 19.8. The highest BCUT2D eigenvalue weighted by Gasteiger charge is 2.22. The third-order valence-corrected chi connectivity index (χ3v) is 5.68. The average Bonchev–Trinajstić information content (AvgIpc) is 3.24. The number of ether oxygens (including phenoxy) is 1. The fourth-order valence-electron chi connectivity index (χ4n) is 3.90. The van der Waals surface area contributed by atoms with Crippen LogP contribution >= 0.6 is 0 Å². The molecule has 36 heavy (non-hydrogen) atoms. The van der Waals surface area contributed by atoms with Gasteiger partial charge in [0.2, 0.25) is 0 Å². The second-order valence-corrected chi connectivity index (χ2v) is 8.37. The molecule has 0 spiro atoms. The summed E-state index contributed by atoms with van der Waals surface area (Å²) >= 11 is 0. The predicted molar refractivity (Wildman–Crippen MR) is 134 cm³/mol. The normalized spacial score (nSPS) is 12.9. The number of anilines is 3. The molecule has 1 amide bonds. The number of amides is 1. The average molecular weight is 496 g/mol. The number of aromatic nitrogens is 3. The van der Waals surface area contributed by atoms with Gasteiger partial charge in [-0.1, -0.05) is 12.1 Å². The molecule has 0 unspecified atom stereocenters. The van der Waals surface area contributed by atoms with Gasteiger partial charge >= 0.3 is 0 Å². The van der Waals surface area contributed by atoms with Crippen LogP contribution in [0.15, 0.2) is 54.7 Å². The van der Waals surface area contributed by atoms with E-state index in [4.69, 9.17) is 16.2 Å². The fourth-order valence-corrected chi connectivity index (χ4v) is 3.90. The van der Waals surface area contributed by atoms with Crippen molar-refractivity contribution in [3.8, 4) is 0 Å². The second kappa shape index (κ2) is 10.7. The molecular weight excluding hydrogens is 468 g/mol. The van der Waals surface area contributed by atoms with Gasteiger partial charge < -0.3 is 26.8 Å². The molecule has 0 radical (unpaired) electrons. The molecule has 9 nitrogen and oxygen atoms in total. The number of halogens is 2. The van der Waals surface area contributed by atoms with E-state index in [0.717, 1.165) is 17.0 Å². The van der Waals surface area contributed by atoms with Crippen molar-refractivity contribution in [1.82, 2.24) is 14.8 Å². The molecule has 0 aliphatic carbocycles. The fraction of sp³-hybridized carbons (Fsp3) is 0.240. The minimum absolute atomic E-state index is 0.0557. The SMILES string of the molecule is COCCn1ncc2cc(Nc3nc(N[C@H](c4cccc(F)c4)[C@H](C)N)c(F)cc3C(N)=O)ccc21. The zero-order valence-corrected chi connectivity index (χ0v) is 19.8. The summed E-state index contributed by atoms with van der Waals surface area (Å²) in [6.07, 6.45) is 1.71. The zero-order chi connectivity index (χ0) is 25.8. The molecular formula is C25H27F2N7O2. The molecule has 0 fully saturated rings. The Kier molecular flexibility index (Phi) is 7.41. The van der Waals surface area contributed by atoms with Crippen molar-refractivity contribution in [2.45, 2.75) is 25.6 Å². The molecule has 2 heterocycles. The summed E-state index contributed by atoms with van der Waals surface area (Å²) in [6, 6.07) is 11.2. The van der Waals surface area contributed by atoms with Crippen LogP contribution in [0.3, 0.4) is 0 Å². The number of carbonyl (C=O) groups is 1. The molecule has 0 saturated carbocycles. The lowest BCUT2D eigenvalue weighted by atomic mass is 10.0. The number of fused-ring (bicyclic) bond motifs is 1. The van der Waals surface area contributed by atoms with E-state index in [1.165, 1.54) is 12.1 Å². The first-order valence-corrected chi connectivity index (χ1v) is 11.3. The van der Waals surface area contributed by atoms with E-state index in [-0.39, 0.29) is 17.2 Å². The molecule has 0 saturated heterocycles. The molecule has 2 atom stereocenters. The number of benzene rings is 2. The van der Waals surface area contributed by atoms with E-state index < -0.39 is 29.6 Å². The van der Waals surface area contributed by atoms with Crippen LogP contribution in [0, 0.1) is 11.6 Å². The number of primary amides is 1. The molecule has 6 N–H and O–H groups in total. The van der Waals surface area contributed by atoms with Gasteiger partial charge in [-0.05, 0) is 48.9 Å². The first kappa shape index (κ1) is 25.0. The number of carbonyl (C=O) groups excluding carboxylic acids is 1. The van der Waals surface area contributed by atoms with Crippen molar-refractivity contribution in [2.75, 3.05) is 24.4 Å². The van der Waals surface area contributed by atoms with Crippen molar-refractivity contribution in [3.05, 3.63) is 77.5 Å². The van der Waals surface area contributed by atoms with E-state index in [1.807, 2.05) is 16.8 Å². The van der Waals surface area contributed by atoms with Crippen LogP contribution in [0.4, 0.5) is 26.1 Å². The Morgan fingerprint density at radius 3 is 2.67 bits per heavy atom. The Bertz CT molecular complexity index is 1390. The van der Waals surface area contributed by atoms with Crippen molar-refractivity contribution >= 4 is 34.1 Å². The summed E-state index contributed by atoms with van der Waals surface area (Å²) in [4.78, 5) is 16.3. The number of nitrogens with one attached hydrogen (secondary N) is 2. The molecule has 0 aliphatic rings. The number of nitrogens with zero attached hydrogens (tertiary/aromatic N) is 3. The lowest BCUT2D eigenvalue weighted by Gasteiger charge is -2.24. The molecule has 11 heteroatoms. The Balaban J connectivity index is 1.67. The van der Waals surface area contributed by atoms with Crippen LogP contribution < -0.4 is 22.1 Å². The summed E-state index contributed by atoms with van der Waals surface area (Å²) in [6.45, 7) is 2.82. The van der Waals surface area contributed by atoms with Gasteiger partial charge in [-0.25, -0.2) is 13.8 Å². The maximum absolute atomic E-state index is 15.0. The van der Waals surface area contributed by atoms with Crippen molar-refractivity contribution in [1.29, 1.82) is 0 Å². The molecule has 188 valence electrons. The highest BCUT2D eigenvalue weighted by atomic mass is 19.1. The molecule has 2 aromatic carbocycles. The molecule has 4 aromatic rings. The van der Waals surface area contributed by atoms with Crippen molar-refractivity contribution in [3.63, 3.8) is 0 Å². The molecule has 2 aromatic heterocycles. The largest absolute Gasteiger partial charge is 0.383 e.